The minimum absolute atomic E-state index is 0.0360. The molecule has 0 aromatic heterocycles. The zero-order valence-electron chi connectivity index (χ0n) is 13.9. The Balaban J connectivity index is 2.19. The number of carbonyl (C=O) groups excluding carboxylic acids is 2. The number of benzene rings is 1. The second-order valence-corrected chi connectivity index (χ2v) is 5.81. The molecule has 0 spiro atoms. The second-order valence-electron chi connectivity index (χ2n) is 5.81. The van der Waals surface area contributed by atoms with Gasteiger partial charge in [-0.2, -0.15) is 0 Å². The van der Waals surface area contributed by atoms with Gasteiger partial charge < -0.3 is 19.5 Å². The van der Waals surface area contributed by atoms with Crippen molar-refractivity contribution >= 4 is 12.4 Å². The second kappa shape index (κ2) is 9.17. The molecule has 134 valence electrons. The first-order valence-corrected chi connectivity index (χ1v) is 7.34. The van der Waals surface area contributed by atoms with Gasteiger partial charge in [-0.25, -0.2) is 13.6 Å². The highest BCUT2D eigenvalue weighted by atomic mass is 19.1. The smallest absolute Gasteiger partial charge is 0.407 e. The Morgan fingerprint density at radius 1 is 1.17 bits per heavy atom. The molecule has 0 saturated carbocycles. The SMILES string of the molecule is CC(C)(C)OC(=O)NCCOCCOc1cc(F)c(C=O)c(F)c1. The Kier molecular flexibility index (Phi) is 7.57. The summed E-state index contributed by atoms with van der Waals surface area (Å²) in [5.41, 5.74) is -1.20. The van der Waals surface area contributed by atoms with Gasteiger partial charge in [-0.1, -0.05) is 0 Å². The highest BCUT2D eigenvalue weighted by Gasteiger charge is 2.15. The molecule has 0 aliphatic carbocycles. The fourth-order valence-corrected chi connectivity index (χ4v) is 1.62. The van der Waals surface area contributed by atoms with E-state index in [4.69, 9.17) is 14.2 Å². The van der Waals surface area contributed by atoms with Crippen LogP contribution in [0, 0.1) is 11.6 Å². The molecule has 1 rings (SSSR count). The average molecular weight is 345 g/mol. The van der Waals surface area contributed by atoms with Gasteiger partial charge in [-0.3, -0.25) is 4.79 Å². The zero-order valence-corrected chi connectivity index (χ0v) is 13.9. The summed E-state index contributed by atoms with van der Waals surface area (Å²) >= 11 is 0. The normalized spacial score (nSPS) is 11.0. The topological polar surface area (TPSA) is 73.9 Å². The third kappa shape index (κ3) is 7.36. The average Bonchev–Trinajstić information content (AvgIpc) is 2.44. The number of hydrogen-bond donors (Lipinski definition) is 1. The highest BCUT2D eigenvalue weighted by molar-refractivity contribution is 5.76. The maximum Gasteiger partial charge on any atom is 0.407 e. The van der Waals surface area contributed by atoms with Gasteiger partial charge in [-0.15, -0.1) is 0 Å². The quantitative estimate of drug-likeness (QED) is 0.579. The van der Waals surface area contributed by atoms with Crippen molar-refractivity contribution in [3.63, 3.8) is 0 Å². The van der Waals surface area contributed by atoms with Crippen LogP contribution in [0.3, 0.4) is 0 Å². The highest BCUT2D eigenvalue weighted by Crippen LogP contribution is 2.19. The van der Waals surface area contributed by atoms with Gasteiger partial charge in [0.2, 0.25) is 0 Å². The first kappa shape index (κ1) is 19.8. The summed E-state index contributed by atoms with van der Waals surface area (Å²) in [5, 5.41) is 2.52. The molecule has 0 radical (unpaired) electrons. The van der Waals surface area contributed by atoms with Gasteiger partial charge in [0.25, 0.3) is 0 Å². The maximum atomic E-state index is 13.3. The molecular weight excluding hydrogens is 324 g/mol. The predicted octanol–water partition coefficient (Wildman–Crippen LogP) is 2.70. The molecule has 8 heteroatoms. The molecule has 0 saturated heterocycles. The summed E-state index contributed by atoms with van der Waals surface area (Å²) in [4.78, 5) is 21.8. The van der Waals surface area contributed by atoms with Gasteiger partial charge in [0.1, 0.15) is 29.6 Å². The lowest BCUT2D eigenvalue weighted by Crippen LogP contribution is -2.34. The Morgan fingerprint density at radius 2 is 1.79 bits per heavy atom. The van der Waals surface area contributed by atoms with Gasteiger partial charge in [0, 0.05) is 18.7 Å². The van der Waals surface area contributed by atoms with Crippen LogP contribution >= 0.6 is 0 Å². The number of hydrogen-bond acceptors (Lipinski definition) is 5. The summed E-state index contributed by atoms with van der Waals surface area (Å²) in [6, 6.07) is 1.85. The summed E-state index contributed by atoms with van der Waals surface area (Å²) in [6.45, 7) is 5.98. The molecule has 1 aromatic carbocycles. The van der Waals surface area contributed by atoms with Gasteiger partial charge >= 0.3 is 6.09 Å². The van der Waals surface area contributed by atoms with Crippen LogP contribution in [0.5, 0.6) is 5.75 Å². The number of alkyl carbamates (subject to hydrolysis) is 1. The Hall–Kier alpha value is -2.22. The Morgan fingerprint density at radius 3 is 2.33 bits per heavy atom. The predicted molar refractivity (Wildman–Crippen MR) is 82.3 cm³/mol. The molecule has 1 aromatic rings. The van der Waals surface area contributed by atoms with Crippen LogP contribution in [0.25, 0.3) is 0 Å². The fraction of sp³-hybridized carbons (Fsp3) is 0.500. The van der Waals surface area contributed by atoms with Crippen LogP contribution in [0.15, 0.2) is 12.1 Å². The monoisotopic (exact) mass is 345 g/mol. The molecule has 0 heterocycles. The van der Waals surface area contributed by atoms with E-state index in [1.165, 1.54) is 0 Å². The lowest BCUT2D eigenvalue weighted by Gasteiger charge is -2.19. The van der Waals surface area contributed by atoms with Crippen LogP contribution in [-0.2, 0) is 9.47 Å². The summed E-state index contributed by atoms with van der Waals surface area (Å²) in [6.07, 6.45) is -0.432. The summed E-state index contributed by atoms with van der Waals surface area (Å²) < 4.78 is 42.1. The molecular formula is C16H21F2NO5. The molecule has 1 amide bonds. The Labute approximate surface area is 139 Å². The molecule has 0 atom stereocenters. The van der Waals surface area contributed by atoms with E-state index in [2.05, 4.69) is 5.32 Å². The van der Waals surface area contributed by atoms with Gasteiger partial charge in [0.15, 0.2) is 6.29 Å². The van der Waals surface area contributed by atoms with E-state index in [-0.39, 0.29) is 38.4 Å². The van der Waals surface area contributed by atoms with E-state index >= 15 is 0 Å². The Bertz CT molecular complexity index is 549. The van der Waals surface area contributed by atoms with Crippen molar-refractivity contribution in [2.75, 3.05) is 26.4 Å². The standard InChI is InChI=1S/C16H21F2NO5/c1-16(2,3)24-15(21)19-4-5-22-6-7-23-11-8-13(17)12(10-20)14(18)9-11/h8-10H,4-7H2,1-3H3,(H,19,21). The fourth-order valence-electron chi connectivity index (χ4n) is 1.62. The van der Waals surface area contributed by atoms with E-state index in [9.17, 15) is 18.4 Å². The summed E-state index contributed by atoms with van der Waals surface area (Å²) in [5.74, 6) is -2.00. The first-order valence-electron chi connectivity index (χ1n) is 7.34. The van der Waals surface area contributed by atoms with Crippen LogP contribution in [-0.4, -0.2) is 44.3 Å². The van der Waals surface area contributed by atoms with Crippen molar-refractivity contribution < 1.29 is 32.6 Å². The zero-order chi connectivity index (χ0) is 18.2. The van der Waals surface area contributed by atoms with Gasteiger partial charge in [0.05, 0.1) is 18.8 Å². The van der Waals surface area contributed by atoms with E-state index in [1.807, 2.05) is 0 Å². The lowest BCUT2D eigenvalue weighted by molar-refractivity contribution is 0.0489. The third-order valence-corrected chi connectivity index (χ3v) is 2.58. The molecule has 0 aliphatic heterocycles. The number of carbonyl (C=O) groups is 2. The summed E-state index contributed by atoms with van der Waals surface area (Å²) in [7, 11) is 0. The van der Waals surface area contributed by atoms with E-state index in [0.29, 0.717) is 0 Å². The minimum Gasteiger partial charge on any atom is -0.491 e. The first-order chi connectivity index (χ1) is 11.2. The van der Waals surface area contributed by atoms with Crippen molar-refractivity contribution in [1.29, 1.82) is 0 Å². The van der Waals surface area contributed by atoms with Crippen molar-refractivity contribution in [3.8, 4) is 5.75 Å². The van der Waals surface area contributed by atoms with Gasteiger partial charge in [-0.05, 0) is 20.8 Å². The van der Waals surface area contributed by atoms with Crippen molar-refractivity contribution in [3.05, 3.63) is 29.3 Å². The van der Waals surface area contributed by atoms with E-state index in [0.717, 1.165) is 12.1 Å². The van der Waals surface area contributed by atoms with Crippen molar-refractivity contribution in [1.82, 2.24) is 5.32 Å². The van der Waals surface area contributed by atoms with Crippen LogP contribution < -0.4 is 10.1 Å². The van der Waals surface area contributed by atoms with E-state index in [1.54, 1.807) is 20.8 Å². The number of aldehydes is 1. The molecule has 24 heavy (non-hydrogen) atoms. The van der Waals surface area contributed by atoms with Crippen LogP contribution in [0.1, 0.15) is 31.1 Å². The molecule has 0 fully saturated rings. The van der Waals surface area contributed by atoms with Crippen molar-refractivity contribution in [2.24, 2.45) is 0 Å². The number of ether oxygens (including phenoxy) is 3. The molecule has 6 nitrogen and oxygen atoms in total. The molecule has 1 N–H and O–H groups in total. The number of halogens is 2. The van der Waals surface area contributed by atoms with E-state index < -0.39 is 28.9 Å². The number of rotatable bonds is 8. The maximum absolute atomic E-state index is 13.3. The van der Waals surface area contributed by atoms with Crippen LogP contribution in [0.4, 0.5) is 13.6 Å². The van der Waals surface area contributed by atoms with Crippen molar-refractivity contribution in [2.45, 2.75) is 26.4 Å². The number of amides is 1. The third-order valence-electron chi connectivity index (χ3n) is 2.58. The number of nitrogens with one attached hydrogen (secondary N) is 1. The minimum atomic E-state index is -0.984. The molecule has 0 bridgehead atoms. The lowest BCUT2D eigenvalue weighted by atomic mass is 10.2. The van der Waals surface area contributed by atoms with Crippen LogP contribution in [0.2, 0.25) is 0 Å². The largest absolute Gasteiger partial charge is 0.491 e. The molecule has 0 aliphatic rings. The molecule has 0 unspecified atom stereocenters.